The number of hydrogen-bond donors (Lipinski definition) is 0. The fourth-order valence-corrected chi connectivity index (χ4v) is 2.56. The van der Waals surface area contributed by atoms with Crippen molar-refractivity contribution in [3.05, 3.63) is 34.3 Å². The van der Waals surface area contributed by atoms with E-state index in [0.29, 0.717) is 0 Å². The highest BCUT2D eigenvalue weighted by Gasteiger charge is 2.18. The van der Waals surface area contributed by atoms with Crippen LogP contribution in [0.3, 0.4) is 0 Å². The average molecular weight is 297 g/mol. The first-order valence-electron chi connectivity index (χ1n) is 5.87. The first-order valence-corrected chi connectivity index (χ1v) is 6.67. The summed E-state index contributed by atoms with van der Waals surface area (Å²) in [7, 11) is 0. The number of piperazine rings is 1. The van der Waals surface area contributed by atoms with Crippen molar-refractivity contribution in [3.63, 3.8) is 0 Å². The Bertz CT molecular complexity index is 400. The molecule has 1 amide bonds. The SMILES string of the molecule is CC(=O)N1CCN(Cc2cccc(Br)c2)CC1. The summed E-state index contributed by atoms with van der Waals surface area (Å²) in [5, 5.41) is 0. The Morgan fingerprint density at radius 2 is 2.00 bits per heavy atom. The van der Waals surface area contributed by atoms with Gasteiger partial charge in [-0.15, -0.1) is 0 Å². The third-order valence-electron chi connectivity index (χ3n) is 3.11. The molecule has 0 spiro atoms. The predicted molar refractivity (Wildman–Crippen MR) is 71.7 cm³/mol. The van der Waals surface area contributed by atoms with Crippen LogP contribution < -0.4 is 0 Å². The second kappa shape index (κ2) is 5.65. The van der Waals surface area contributed by atoms with Gasteiger partial charge in [-0.1, -0.05) is 28.1 Å². The topological polar surface area (TPSA) is 23.6 Å². The summed E-state index contributed by atoms with van der Waals surface area (Å²) < 4.78 is 1.12. The summed E-state index contributed by atoms with van der Waals surface area (Å²) in [6.45, 7) is 6.24. The van der Waals surface area contributed by atoms with Gasteiger partial charge < -0.3 is 4.90 Å². The molecule has 1 heterocycles. The molecule has 0 aromatic heterocycles. The lowest BCUT2D eigenvalue weighted by Gasteiger charge is -2.34. The van der Waals surface area contributed by atoms with Gasteiger partial charge in [0.1, 0.15) is 0 Å². The van der Waals surface area contributed by atoms with Crippen molar-refractivity contribution in [1.82, 2.24) is 9.80 Å². The number of carbonyl (C=O) groups excluding carboxylic acids is 1. The summed E-state index contributed by atoms with van der Waals surface area (Å²) in [5.41, 5.74) is 1.32. The largest absolute Gasteiger partial charge is 0.340 e. The normalized spacial score (nSPS) is 17.2. The first kappa shape index (κ1) is 12.6. The van der Waals surface area contributed by atoms with Crippen molar-refractivity contribution in [2.24, 2.45) is 0 Å². The monoisotopic (exact) mass is 296 g/mol. The predicted octanol–water partition coefficient (Wildman–Crippen LogP) is 2.11. The molecule has 0 radical (unpaired) electrons. The van der Waals surface area contributed by atoms with Crippen LogP contribution in [0.2, 0.25) is 0 Å². The molecule has 1 aliphatic heterocycles. The van der Waals surface area contributed by atoms with E-state index in [9.17, 15) is 4.79 Å². The molecule has 1 saturated heterocycles. The molecule has 0 aliphatic carbocycles. The molecule has 2 rings (SSSR count). The summed E-state index contributed by atoms with van der Waals surface area (Å²) in [6.07, 6.45) is 0. The molecular weight excluding hydrogens is 280 g/mol. The quantitative estimate of drug-likeness (QED) is 0.835. The third kappa shape index (κ3) is 3.54. The van der Waals surface area contributed by atoms with Gasteiger partial charge in [-0.3, -0.25) is 9.69 Å². The van der Waals surface area contributed by atoms with Gasteiger partial charge in [-0.05, 0) is 17.7 Å². The van der Waals surface area contributed by atoms with E-state index in [1.807, 2.05) is 11.0 Å². The summed E-state index contributed by atoms with van der Waals surface area (Å²) in [4.78, 5) is 15.5. The standard InChI is InChI=1S/C13H17BrN2O/c1-11(17)16-7-5-15(6-8-16)10-12-3-2-4-13(14)9-12/h2-4,9H,5-8,10H2,1H3. The zero-order chi connectivity index (χ0) is 12.3. The second-order valence-electron chi connectivity index (χ2n) is 4.41. The smallest absolute Gasteiger partial charge is 0.219 e. The van der Waals surface area contributed by atoms with Crippen LogP contribution in [0.25, 0.3) is 0 Å². The molecule has 1 aromatic rings. The van der Waals surface area contributed by atoms with Gasteiger partial charge in [0.25, 0.3) is 0 Å². The maximum Gasteiger partial charge on any atom is 0.219 e. The maximum absolute atomic E-state index is 11.2. The second-order valence-corrected chi connectivity index (χ2v) is 5.33. The Labute approximate surface area is 111 Å². The summed E-state index contributed by atoms with van der Waals surface area (Å²) in [5.74, 6) is 0.187. The van der Waals surface area contributed by atoms with Crippen LogP contribution in [0, 0.1) is 0 Å². The van der Waals surface area contributed by atoms with E-state index >= 15 is 0 Å². The van der Waals surface area contributed by atoms with Crippen LogP contribution in [0.4, 0.5) is 0 Å². The van der Waals surface area contributed by atoms with Crippen molar-refractivity contribution in [3.8, 4) is 0 Å². The van der Waals surface area contributed by atoms with Crippen LogP contribution in [-0.2, 0) is 11.3 Å². The van der Waals surface area contributed by atoms with Gasteiger partial charge in [-0.25, -0.2) is 0 Å². The lowest BCUT2D eigenvalue weighted by molar-refractivity contribution is -0.130. The molecule has 1 aliphatic rings. The van der Waals surface area contributed by atoms with Gasteiger partial charge in [-0.2, -0.15) is 0 Å². The zero-order valence-corrected chi connectivity index (χ0v) is 11.6. The van der Waals surface area contributed by atoms with E-state index < -0.39 is 0 Å². The lowest BCUT2D eigenvalue weighted by atomic mass is 10.2. The molecule has 0 bridgehead atoms. The molecule has 4 heteroatoms. The fourth-order valence-electron chi connectivity index (χ4n) is 2.11. The van der Waals surface area contributed by atoms with Crippen molar-refractivity contribution >= 4 is 21.8 Å². The number of halogens is 1. The molecule has 0 saturated carbocycles. The van der Waals surface area contributed by atoms with Gasteiger partial charge in [0, 0.05) is 44.1 Å². The molecule has 0 N–H and O–H groups in total. The van der Waals surface area contributed by atoms with Gasteiger partial charge in [0.2, 0.25) is 5.91 Å². The van der Waals surface area contributed by atoms with Crippen molar-refractivity contribution in [2.75, 3.05) is 26.2 Å². The molecule has 17 heavy (non-hydrogen) atoms. The Morgan fingerprint density at radius 1 is 1.29 bits per heavy atom. The minimum absolute atomic E-state index is 0.187. The van der Waals surface area contributed by atoms with E-state index in [2.05, 4.69) is 39.0 Å². The average Bonchev–Trinajstić information content (AvgIpc) is 2.29. The summed E-state index contributed by atoms with van der Waals surface area (Å²) >= 11 is 3.48. The van der Waals surface area contributed by atoms with Crippen molar-refractivity contribution in [1.29, 1.82) is 0 Å². The number of rotatable bonds is 2. The number of carbonyl (C=O) groups is 1. The highest BCUT2D eigenvalue weighted by molar-refractivity contribution is 9.10. The van der Waals surface area contributed by atoms with Crippen LogP contribution in [0.5, 0.6) is 0 Å². The minimum Gasteiger partial charge on any atom is -0.340 e. The minimum atomic E-state index is 0.187. The lowest BCUT2D eigenvalue weighted by Crippen LogP contribution is -2.47. The molecule has 92 valence electrons. The molecule has 1 fully saturated rings. The number of benzene rings is 1. The Morgan fingerprint density at radius 3 is 2.59 bits per heavy atom. The third-order valence-corrected chi connectivity index (χ3v) is 3.61. The van der Waals surface area contributed by atoms with Gasteiger partial charge >= 0.3 is 0 Å². The highest BCUT2D eigenvalue weighted by Crippen LogP contribution is 2.14. The molecular formula is C13H17BrN2O. The van der Waals surface area contributed by atoms with E-state index in [1.165, 1.54) is 5.56 Å². The van der Waals surface area contributed by atoms with E-state index in [4.69, 9.17) is 0 Å². The molecule has 3 nitrogen and oxygen atoms in total. The molecule has 1 aromatic carbocycles. The van der Waals surface area contributed by atoms with Crippen LogP contribution in [0.15, 0.2) is 28.7 Å². The summed E-state index contributed by atoms with van der Waals surface area (Å²) in [6, 6.07) is 8.39. The van der Waals surface area contributed by atoms with Crippen LogP contribution >= 0.6 is 15.9 Å². The van der Waals surface area contributed by atoms with E-state index in [1.54, 1.807) is 6.92 Å². The Hall–Kier alpha value is -0.870. The Balaban J connectivity index is 1.88. The van der Waals surface area contributed by atoms with E-state index in [-0.39, 0.29) is 5.91 Å². The van der Waals surface area contributed by atoms with Crippen LogP contribution in [-0.4, -0.2) is 41.9 Å². The first-order chi connectivity index (χ1) is 8.15. The fraction of sp³-hybridized carbons (Fsp3) is 0.462. The number of nitrogens with zero attached hydrogens (tertiary/aromatic N) is 2. The molecule has 0 atom stereocenters. The van der Waals surface area contributed by atoms with Gasteiger partial charge in [0.05, 0.1) is 0 Å². The van der Waals surface area contributed by atoms with E-state index in [0.717, 1.165) is 37.2 Å². The highest BCUT2D eigenvalue weighted by atomic mass is 79.9. The van der Waals surface area contributed by atoms with Crippen molar-refractivity contribution < 1.29 is 4.79 Å². The van der Waals surface area contributed by atoms with Crippen molar-refractivity contribution in [2.45, 2.75) is 13.5 Å². The number of hydrogen-bond acceptors (Lipinski definition) is 2. The number of amides is 1. The Kier molecular flexibility index (Phi) is 4.18. The maximum atomic E-state index is 11.2. The van der Waals surface area contributed by atoms with Gasteiger partial charge in [0.15, 0.2) is 0 Å². The molecule has 0 unspecified atom stereocenters. The van der Waals surface area contributed by atoms with Crippen LogP contribution in [0.1, 0.15) is 12.5 Å². The zero-order valence-electron chi connectivity index (χ0n) is 10.0.